The molecule has 2 aromatic rings. The lowest BCUT2D eigenvalue weighted by molar-refractivity contribution is 0.397. The number of ether oxygens (including phenoxy) is 1. The minimum Gasteiger partial charge on any atom is -0.481 e. The normalized spacial score (nSPS) is 10.1. The molecule has 0 aliphatic carbocycles. The summed E-state index contributed by atoms with van der Waals surface area (Å²) in [5, 5.41) is 3.27. The fourth-order valence-electron chi connectivity index (χ4n) is 1.53. The van der Waals surface area contributed by atoms with Crippen LogP contribution in [0.4, 0.5) is 11.4 Å². The van der Waals surface area contributed by atoms with Gasteiger partial charge in [-0.15, -0.1) is 0 Å². The van der Waals surface area contributed by atoms with Crippen LogP contribution in [0.25, 0.3) is 0 Å². The Morgan fingerprint density at radius 3 is 2.78 bits per heavy atom. The molecule has 4 nitrogen and oxygen atoms in total. The zero-order valence-corrected chi connectivity index (χ0v) is 11.6. The van der Waals surface area contributed by atoms with Crippen LogP contribution in [-0.2, 0) is 6.54 Å². The third-order valence-electron chi connectivity index (χ3n) is 2.50. The van der Waals surface area contributed by atoms with Gasteiger partial charge in [-0.05, 0) is 23.8 Å². The zero-order chi connectivity index (χ0) is 13.0. The van der Waals surface area contributed by atoms with E-state index >= 15 is 0 Å². The van der Waals surface area contributed by atoms with Gasteiger partial charge in [0.25, 0.3) is 0 Å². The maximum atomic E-state index is 5.90. The van der Waals surface area contributed by atoms with Crippen molar-refractivity contribution in [2.24, 2.45) is 0 Å². The van der Waals surface area contributed by atoms with E-state index in [9.17, 15) is 0 Å². The number of benzene rings is 1. The number of nitrogens with one attached hydrogen (secondary N) is 1. The minimum absolute atomic E-state index is 0.613. The van der Waals surface area contributed by atoms with Crippen molar-refractivity contribution >= 4 is 27.3 Å². The first kappa shape index (κ1) is 12.7. The number of hydrogen-bond acceptors (Lipinski definition) is 4. The van der Waals surface area contributed by atoms with Crippen LogP contribution in [0.2, 0.25) is 0 Å². The van der Waals surface area contributed by atoms with E-state index in [0.717, 1.165) is 15.7 Å². The van der Waals surface area contributed by atoms with Gasteiger partial charge < -0.3 is 15.8 Å². The summed E-state index contributed by atoms with van der Waals surface area (Å²) in [7, 11) is 1.60. The van der Waals surface area contributed by atoms with Crippen LogP contribution in [0.15, 0.2) is 41.0 Å². The van der Waals surface area contributed by atoms with Crippen LogP contribution in [0.1, 0.15) is 5.56 Å². The first-order chi connectivity index (χ1) is 8.69. The van der Waals surface area contributed by atoms with E-state index in [0.29, 0.717) is 18.1 Å². The summed E-state index contributed by atoms with van der Waals surface area (Å²) in [5.41, 5.74) is 8.60. The van der Waals surface area contributed by atoms with Crippen LogP contribution >= 0.6 is 15.9 Å². The number of pyridine rings is 1. The number of hydrogen-bond donors (Lipinski definition) is 2. The second kappa shape index (κ2) is 5.73. The standard InChI is InChI=1S/C13H14BrN3O/c1-18-13-5-2-9(8-17-13)7-16-12-4-3-10(14)6-11(12)15/h2-6,8,16H,7,15H2,1H3. The number of anilines is 2. The van der Waals surface area contributed by atoms with Crippen molar-refractivity contribution in [2.75, 3.05) is 18.2 Å². The average Bonchev–Trinajstić information content (AvgIpc) is 2.38. The summed E-state index contributed by atoms with van der Waals surface area (Å²) < 4.78 is 5.98. The predicted molar refractivity (Wildman–Crippen MR) is 76.7 cm³/mol. The number of aromatic nitrogens is 1. The lowest BCUT2D eigenvalue weighted by atomic mass is 10.2. The third-order valence-corrected chi connectivity index (χ3v) is 3.00. The van der Waals surface area contributed by atoms with Gasteiger partial charge in [-0.25, -0.2) is 4.98 Å². The van der Waals surface area contributed by atoms with Gasteiger partial charge in [0, 0.05) is 23.3 Å². The van der Waals surface area contributed by atoms with Crippen LogP contribution in [0.5, 0.6) is 5.88 Å². The fraction of sp³-hybridized carbons (Fsp3) is 0.154. The molecule has 0 radical (unpaired) electrons. The zero-order valence-electron chi connectivity index (χ0n) is 9.98. The number of nitrogens with two attached hydrogens (primary N) is 1. The van der Waals surface area contributed by atoms with Gasteiger partial charge in [-0.1, -0.05) is 22.0 Å². The monoisotopic (exact) mass is 307 g/mol. The third kappa shape index (κ3) is 3.13. The molecule has 0 amide bonds. The Morgan fingerprint density at radius 1 is 1.33 bits per heavy atom. The fourth-order valence-corrected chi connectivity index (χ4v) is 1.91. The minimum atomic E-state index is 0.613. The second-order valence-electron chi connectivity index (χ2n) is 3.79. The van der Waals surface area contributed by atoms with Gasteiger partial charge in [0.1, 0.15) is 0 Å². The smallest absolute Gasteiger partial charge is 0.212 e. The first-order valence-electron chi connectivity index (χ1n) is 5.47. The van der Waals surface area contributed by atoms with E-state index in [4.69, 9.17) is 10.5 Å². The summed E-state index contributed by atoms with van der Waals surface area (Å²) in [5.74, 6) is 0.613. The molecule has 18 heavy (non-hydrogen) atoms. The largest absolute Gasteiger partial charge is 0.481 e. The number of rotatable bonds is 4. The SMILES string of the molecule is COc1ccc(CNc2ccc(Br)cc2N)cn1. The lowest BCUT2D eigenvalue weighted by Gasteiger charge is -2.09. The Labute approximate surface area is 114 Å². The first-order valence-corrected chi connectivity index (χ1v) is 6.26. The Balaban J connectivity index is 2.02. The van der Waals surface area contributed by atoms with Gasteiger partial charge in [-0.2, -0.15) is 0 Å². The molecular weight excluding hydrogens is 294 g/mol. The molecular formula is C13H14BrN3O. The van der Waals surface area contributed by atoms with Crippen molar-refractivity contribution in [1.29, 1.82) is 0 Å². The van der Waals surface area contributed by atoms with E-state index in [1.54, 1.807) is 13.3 Å². The summed E-state index contributed by atoms with van der Waals surface area (Å²) in [6.07, 6.45) is 1.78. The molecule has 0 saturated carbocycles. The average molecular weight is 308 g/mol. The van der Waals surface area contributed by atoms with Crippen LogP contribution in [0.3, 0.4) is 0 Å². The molecule has 0 fully saturated rings. The van der Waals surface area contributed by atoms with Gasteiger partial charge >= 0.3 is 0 Å². The second-order valence-corrected chi connectivity index (χ2v) is 4.71. The molecule has 0 saturated heterocycles. The van der Waals surface area contributed by atoms with Crippen LogP contribution < -0.4 is 15.8 Å². The van der Waals surface area contributed by atoms with E-state index in [2.05, 4.69) is 26.2 Å². The van der Waals surface area contributed by atoms with E-state index in [-0.39, 0.29) is 0 Å². The number of nitrogen functional groups attached to an aromatic ring is 1. The molecule has 0 spiro atoms. The Bertz CT molecular complexity index is 528. The number of halogens is 1. The molecule has 1 heterocycles. The highest BCUT2D eigenvalue weighted by atomic mass is 79.9. The summed E-state index contributed by atoms with van der Waals surface area (Å²) in [4.78, 5) is 4.15. The molecule has 3 N–H and O–H groups in total. The molecule has 0 unspecified atom stereocenters. The van der Waals surface area contributed by atoms with Crippen molar-refractivity contribution in [2.45, 2.75) is 6.54 Å². The van der Waals surface area contributed by atoms with Crippen molar-refractivity contribution < 1.29 is 4.74 Å². The molecule has 0 bridgehead atoms. The van der Waals surface area contributed by atoms with Crippen LogP contribution in [0, 0.1) is 0 Å². The van der Waals surface area contributed by atoms with Crippen molar-refractivity contribution in [3.8, 4) is 5.88 Å². The van der Waals surface area contributed by atoms with E-state index in [1.807, 2.05) is 30.3 Å². The van der Waals surface area contributed by atoms with Gasteiger partial charge in [0.15, 0.2) is 0 Å². The Morgan fingerprint density at radius 2 is 2.17 bits per heavy atom. The Hall–Kier alpha value is -1.75. The molecule has 0 aliphatic rings. The highest BCUT2D eigenvalue weighted by Crippen LogP contribution is 2.23. The highest BCUT2D eigenvalue weighted by Gasteiger charge is 2.00. The van der Waals surface area contributed by atoms with Crippen molar-refractivity contribution in [1.82, 2.24) is 4.98 Å². The molecule has 0 aliphatic heterocycles. The van der Waals surface area contributed by atoms with Crippen molar-refractivity contribution in [3.63, 3.8) is 0 Å². The summed E-state index contributed by atoms with van der Waals surface area (Å²) >= 11 is 3.38. The summed E-state index contributed by atoms with van der Waals surface area (Å²) in [6.45, 7) is 0.669. The van der Waals surface area contributed by atoms with Gasteiger partial charge in [0.2, 0.25) is 5.88 Å². The molecule has 1 aromatic carbocycles. The van der Waals surface area contributed by atoms with E-state index < -0.39 is 0 Å². The highest BCUT2D eigenvalue weighted by molar-refractivity contribution is 9.10. The van der Waals surface area contributed by atoms with E-state index in [1.165, 1.54) is 0 Å². The summed E-state index contributed by atoms with van der Waals surface area (Å²) in [6, 6.07) is 9.56. The molecule has 2 rings (SSSR count). The molecule has 94 valence electrons. The van der Waals surface area contributed by atoms with Gasteiger partial charge in [0.05, 0.1) is 18.5 Å². The molecule has 5 heteroatoms. The number of methoxy groups -OCH3 is 1. The quantitative estimate of drug-likeness (QED) is 0.852. The number of nitrogens with zero attached hydrogens (tertiary/aromatic N) is 1. The topological polar surface area (TPSA) is 60.2 Å². The van der Waals surface area contributed by atoms with Crippen molar-refractivity contribution in [3.05, 3.63) is 46.6 Å². The van der Waals surface area contributed by atoms with Gasteiger partial charge in [-0.3, -0.25) is 0 Å². The Kier molecular flexibility index (Phi) is 4.04. The van der Waals surface area contributed by atoms with Crippen LogP contribution in [-0.4, -0.2) is 12.1 Å². The predicted octanol–water partition coefficient (Wildman–Crippen LogP) is 3.05. The molecule has 0 atom stereocenters. The molecule has 1 aromatic heterocycles. The lowest BCUT2D eigenvalue weighted by Crippen LogP contribution is -2.02. The maximum Gasteiger partial charge on any atom is 0.212 e. The maximum absolute atomic E-state index is 5.90.